The number of benzene rings is 2. The Hall–Kier alpha value is -2.53. The molecule has 27 heavy (non-hydrogen) atoms. The maximum Gasteiger partial charge on any atom is 0.255 e. The highest BCUT2D eigenvalue weighted by Gasteiger charge is 2.25. The summed E-state index contributed by atoms with van der Waals surface area (Å²) in [5, 5.41) is 6.34. The number of ether oxygens (including phenoxy) is 1. The van der Waals surface area contributed by atoms with Crippen LogP contribution in [0.3, 0.4) is 0 Å². The second-order valence-corrected chi connectivity index (χ2v) is 6.91. The third-order valence-electron chi connectivity index (χ3n) is 4.05. The van der Waals surface area contributed by atoms with Crippen molar-refractivity contribution in [1.82, 2.24) is 10.6 Å². The van der Waals surface area contributed by atoms with Crippen LogP contribution in [0.2, 0.25) is 5.02 Å². The minimum absolute atomic E-state index is 0.0709. The number of rotatable bonds is 8. The second-order valence-electron chi connectivity index (χ2n) is 6.47. The lowest BCUT2D eigenvalue weighted by molar-refractivity contribution is -0.124. The van der Waals surface area contributed by atoms with Crippen LogP contribution in [-0.2, 0) is 11.3 Å². The van der Waals surface area contributed by atoms with E-state index in [1.807, 2.05) is 32.9 Å². The molecule has 0 aromatic heterocycles. The van der Waals surface area contributed by atoms with E-state index in [9.17, 15) is 9.59 Å². The van der Waals surface area contributed by atoms with E-state index in [1.54, 1.807) is 36.4 Å². The Morgan fingerprint density at radius 1 is 1.07 bits per heavy atom. The number of halogens is 1. The van der Waals surface area contributed by atoms with E-state index in [4.69, 9.17) is 16.3 Å². The first-order chi connectivity index (χ1) is 12.9. The molecular weight excluding hydrogens is 364 g/mol. The fourth-order valence-electron chi connectivity index (χ4n) is 2.59. The Kier molecular flexibility index (Phi) is 7.67. The number of amides is 2. The highest BCUT2D eigenvalue weighted by molar-refractivity contribution is 6.30. The summed E-state index contributed by atoms with van der Waals surface area (Å²) in [7, 11) is 0. The lowest BCUT2D eigenvalue weighted by atomic mass is 10.0. The van der Waals surface area contributed by atoms with Gasteiger partial charge < -0.3 is 15.4 Å². The number of carbonyl (C=O) groups is 2. The molecule has 0 aliphatic carbocycles. The summed E-state index contributed by atoms with van der Waals surface area (Å²) in [6, 6.07) is 13.6. The average molecular weight is 389 g/mol. The van der Waals surface area contributed by atoms with E-state index >= 15 is 0 Å². The van der Waals surface area contributed by atoms with E-state index in [2.05, 4.69) is 10.6 Å². The first-order valence-corrected chi connectivity index (χ1v) is 9.35. The van der Waals surface area contributed by atoms with Crippen LogP contribution in [0.25, 0.3) is 0 Å². The lowest BCUT2D eigenvalue weighted by Crippen LogP contribution is -2.49. The van der Waals surface area contributed by atoms with Crippen molar-refractivity contribution < 1.29 is 14.3 Å². The van der Waals surface area contributed by atoms with Crippen molar-refractivity contribution in [3.8, 4) is 5.75 Å². The van der Waals surface area contributed by atoms with Gasteiger partial charge in [0, 0.05) is 11.6 Å². The van der Waals surface area contributed by atoms with Crippen LogP contribution in [0.1, 0.15) is 36.7 Å². The molecule has 5 nitrogen and oxygen atoms in total. The molecule has 144 valence electrons. The zero-order chi connectivity index (χ0) is 19.8. The SMILES string of the molecule is CCOc1ccccc1C(=O)N[C@H](C(=O)NCc1ccc(Cl)cc1)C(C)C. The Labute approximate surface area is 165 Å². The monoisotopic (exact) mass is 388 g/mol. The normalized spacial score (nSPS) is 11.7. The van der Waals surface area contributed by atoms with Gasteiger partial charge in [0.15, 0.2) is 0 Å². The molecule has 2 rings (SSSR count). The van der Waals surface area contributed by atoms with Crippen molar-refractivity contribution in [3.63, 3.8) is 0 Å². The van der Waals surface area contributed by atoms with Crippen molar-refractivity contribution in [3.05, 3.63) is 64.7 Å². The van der Waals surface area contributed by atoms with Crippen LogP contribution in [-0.4, -0.2) is 24.5 Å². The number of nitrogens with one attached hydrogen (secondary N) is 2. The number of para-hydroxylation sites is 1. The molecule has 0 fully saturated rings. The zero-order valence-corrected chi connectivity index (χ0v) is 16.5. The fourth-order valence-corrected chi connectivity index (χ4v) is 2.72. The average Bonchev–Trinajstić information content (AvgIpc) is 2.65. The minimum atomic E-state index is -0.653. The lowest BCUT2D eigenvalue weighted by Gasteiger charge is -2.22. The molecule has 0 aliphatic heterocycles. The van der Waals surface area contributed by atoms with Crippen LogP contribution in [0.5, 0.6) is 5.75 Å². The molecule has 0 saturated carbocycles. The largest absolute Gasteiger partial charge is 0.493 e. The van der Waals surface area contributed by atoms with Gasteiger partial charge in [-0.05, 0) is 42.7 Å². The van der Waals surface area contributed by atoms with Crippen LogP contribution >= 0.6 is 11.6 Å². The predicted molar refractivity (Wildman–Crippen MR) is 107 cm³/mol. The highest BCUT2D eigenvalue weighted by atomic mass is 35.5. The molecule has 0 bridgehead atoms. The number of carbonyl (C=O) groups excluding carboxylic acids is 2. The van der Waals surface area contributed by atoms with Gasteiger partial charge >= 0.3 is 0 Å². The van der Waals surface area contributed by atoms with E-state index in [0.29, 0.717) is 29.5 Å². The summed E-state index contributed by atoms with van der Waals surface area (Å²) < 4.78 is 5.50. The Morgan fingerprint density at radius 3 is 2.37 bits per heavy atom. The summed E-state index contributed by atoms with van der Waals surface area (Å²) in [6.45, 7) is 6.46. The molecule has 0 radical (unpaired) electrons. The van der Waals surface area contributed by atoms with Crippen molar-refractivity contribution in [2.24, 2.45) is 5.92 Å². The van der Waals surface area contributed by atoms with E-state index in [-0.39, 0.29) is 17.7 Å². The van der Waals surface area contributed by atoms with Crippen LogP contribution < -0.4 is 15.4 Å². The molecule has 0 aliphatic rings. The Balaban J connectivity index is 2.04. The molecule has 0 spiro atoms. The van der Waals surface area contributed by atoms with Gasteiger partial charge in [-0.3, -0.25) is 9.59 Å². The first-order valence-electron chi connectivity index (χ1n) is 8.97. The van der Waals surface area contributed by atoms with Crippen LogP contribution in [0.4, 0.5) is 0 Å². The molecule has 2 aromatic carbocycles. The van der Waals surface area contributed by atoms with E-state index in [1.165, 1.54) is 0 Å². The molecule has 2 amide bonds. The first kappa shape index (κ1) is 20.8. The molecule has 0 heterocycles. The summed E-state index contributed by atoms with van der Waals surface area (Å²) in [5.41, 5.74) is 1.35. The van der Waals surface area contributed by atoms with Crippen molar-refractivity contribution in [2.75, 3.05) is 6.61 Å². The van der Waals surface area contributed by atoms with Crippen molar-refractivity contribution in [2.45, 2.75) is 33.4 Å². The van der Waals surface area contributed by atoms with Gasteiger partial charge in [0.2, 0.25) is 5.91 Å². The van der Waals surface area contributed by atoms with E-state index in [0.717, 1.165) is 5.56 Å². The minimum Gasteiger partial charge on any atom is -0.493 e. The summed E-state index contributed by atoms with van der Waals surface area (Å²) in [6.07, 6.45) is 0. The van der Waals surface area contributed by atoms with Crippen molar-refractivity contribution >= 4 is 23.4 Å². The Morgan fingerprint density at radius 2 is 1.74 bits per heavy atom. The smallest absolute Gasteiger partial charge is 0.255 e. The Bertz CT molecular complexity index is 775. The molecule has 1 atom stereocenters. The van der Waals surface area contributed by atoms with Crippen molar-refractivity contribution in [1.29, 1.82) is 0 Å². The topological polar surface area (TPSA) is 67.4 Å². The molecule has 0 unspecified atom stereocenters. The molecular formula is C21H25ClN2O3. The van der Waals surface area contributed by atoms with Gasteiger partial charge in [0.05, 0.1) is 12.2 Å². The third-order valence-corrected chi connectivity index (χ3v) is 4.30. The quantitative estimate of drug-likeness (QED) is 0.722. The van der Waals surface area contributed by atoms with Gasteiger partial charge in [0.1, 0.15) is 11.8 Å². The predicted octanol–water partition coefficient (Wildman–Crippen LogP) is 3.81. The standard InChI is InChI=1S/C21H25ClN2O3/c1-4-27-18-8-6-5-7-17(18)20(25)24-19(14(2)3)21(26)23-13-15-9-11-16(22)12-10-15/h5-12,14,19H,4,13H2,1-3H3,(H,23,26)(H,24,25)/t19-/m0/s1. The fraction of sp³-hybridized carbons (Fsp3) is 0.333. The zero-order valence-electron chi connectivity index (χ0n) is 15.8. The summed E-state index contributed by atoms with van der Waals surface area (Å²) >= 11 is 5.87. The maximum atomic E-state index is 12.7. The maximum absolute atomic E-state index is 12.7. The number of hydrogen-bond donors (Lipinski definition) is 2. The van der Waals surface area contributed by atoms with E-state index < -0.39 is 6.04 Å². The third kappa shape index (κ3) is 6.00. The van der Waals surface area contributed by atoms with Gasteiger partial charge in [-0.25, -0.2) is 0 Å². The number of hydrogen-bond acceptors (Lipinski definition) is 3. The second kappa shape index (κ2) is 9.97. The highest BCUT2D eigenvalue weighted by Crippen LogP contribution is 2.18. The van der Waals surface area contributed by atoms with Crippen LogP contribution in [0, 0.1) is 5.92 Å². The summed E-state index contributed by atoms with van der Waals surface area (Å²) in [4.78, 5) is 25.3. The van der Waals surface area contributed by atoms with Gasteiger partial charge in [0.25, 0.3) is 5.91 Å². The van der Waals surface area contributed by atoms with Gasteiger partial charge in [-0.1, -0.05) is 49.7 Å². The molecule has 0 saturated heterocycles. The summed E-state index contributed by atoms with van der Waals surface area (Å²) in [5.74, 6) is -0.137. The molecule has 6 heteroatoms. The molecule has 2 N–H and O–H groups in total. The van der Waals surface area contributed by atoms with Gasteiger partial charge in [-0.15, -0.1) is 0 Å². The van der Waals surface area contributed by atoms with Crippen LogP contribution in [0.15, 0.2) is 48.5 Å². The molecule has 2 aromatic rings. The van der Waals surface area contributed by atoms with Gasteiger partial charge in [-0.2, -0.15) is 0 Å².